The Labute approximate surface area is 107 Å². The number of benzene rings is 1. The summed E-state index contributed by atoms with van der Waals surface area (Å²) in [6.45, 7) is 8.20. The SMILES string of the molecule is C=CCN(CC=C)C(=O)C(Cl)c1ccccc1. The van der Waals surface area contributed by atoms with Crippen LogP contribution < -0.4 is 0 Å². The molecular weight excluding hydrogens is 234 g/mol. The van der Waals surface area contributed by atoms with Crippen LogP contribution in [0.1, 0.15) is 10.9 Å². The van der Waals surface area contributed by atoms with Crippen LogP contribution in [-0.4, -0.2) is 23.9 Å². The quantitative estimate of drug-likeness (QED) is 0.560. The van der Waals surface area contributed by atoms with Crippen LogP contribution in [0.4, 0.5) is 0 Å². The van der Waals surface area contributed by atoms with E-state index in [1.165, 1.54) is 0 Å². The predicted molar refractivity (Wildman–Crippen MR) is 72.0 cm³/mol. The zero-order valence-corrected chi connectivity index (χ0v) is 10.4. The third-order valence-electron chi connectivity index (χ3n) is 2.32. The number of halogens is 1. The third-order valence-corrected chi connectivity index (χ3v) is 2.76. The number of amides is 1. The molecule has 0 N–H and O–H groups in total. The van der Waals surface area contributed by atoms with Crippen molar-refractivity contribution in [3.05, 3.63) is 61.2 Å². The van der Waals surface area contributed by atoms with Gasteiger partial charge >= 0.3 is 0 Å². The van der Waals surface area contributed by atoms with Gasteiger partial charge in [-0.05, 0) is 5.56 Å². The van der Waals surface area contributed by atoms with E-state index in [0.717, 1.165) is 5.56 Å². The Hall–Kier alpha value is -1.54. The van der Waals surface area contributed by atoms with Gasteiger partial charge in [-0.3, -0.25) is 4.79 Å². The molecule has 2 nitrogen and oxygen atoms in total. The molecule has 1 amide bonds. The lowest BCUT2D eigenvalue weighted by Gasteiger charge is -2.22. The fourth-order valence-corrected chi connectivity index (χ4v) is 1.77. The van der Waals surface area contributed by atoms with Crippen molar-refractivity contribution in [2.45, 2.75) is 5.38 Å². The number of rotatable bonds is 6. The van der Waals surface area contributed by atoms with Crippen molar-refractivity contribution >= 4 is 17.5 Å². The number of carbonyl (C=O) groups is 1. The lowest BCUT2D eigenvalue weighted by atomic mass is 10.1. The van der Waals surface area contributed by atoms with E-state index < -0.39 is 5.38 Å². The van der Waals surface area contributed by atoms with Crippen molar-refractivity contribution in [3.8, 4) is 0 Å². The molecule has 3 heteroatoms. The summed E-state index contributed by atoms with van der Waals surface area (Å²) in [6.07, 6.45) is 3.35. The van der Waals surface area contributed by atoms with E-state index in [-0.39, 0.29) is 5.91 Å². The van der Waals surface area contributed by atoms with E-state index in [4.69, 9.17) is 11.6 Å². The molecule has 0 radical (unpaired) electrons. The van der Waals surface area contributed by atoms with Crippen LogP contribution in [0.25, 0.3) is 0 Å². The smallest absolute Gasteiger partial charge is 0.245 e. The summed E-state index contributed by atoms with van der Waals surface area (Å²) < 4.78 is 0. The van der Waals surface area contributed by atoms with Crippen molar-refractivity contribution in [2.75, 3.05) is 13.1 Å². The van der Waals surface area contributed by atoms with Gasteiger partial charge in [0.05, 0.1) is 0 Å². The van der Waals surface area contributed by atoms with Gasteiger partial charge in [0.1, 0.15) is 5.38 Å². The van der Waals surface area contributed by atoms with Crippen LogP contribution in [0.5, 0.6) is 0 Å². The monoisotopic (exact) mass is 249 g/mol. The molecule has 0 aromatic heterocycles. The number of carbonyl (C=O) groups excluding carboxylic acids is 1. The highest BCUT2D eigenvalue weighted by Gasteiger charge is 2.22. The highest BCUT2D eigenvalue weighted by atomic mass is 35.5. The van der Waals surface area contributed by atoms with Gasteiger partial charge in [0.25, 0.3) is 0 Å². The minimum Gasteiger partial charge on any atom is -0.334 e. The van der Waals surface area contributed by atoms with E-state index in [9.17, 15) is 4.79 Å². The second kappa shape index (κ2) is 6.92. The molecule has 1 rings (SSSR count). The summed E-state index contributed by atoms with van der Waals surface area (Å²) in [5, 5.41) is -0.656. The first-order valence-corrected chi connectivity index (χ1v) is 5.84. The standard InChI is InChI=1S/C14H16ClNO/c1-3-10-16(11-4-2)14(17)13(15)12-8-6-5-7-9-12/h3-9,13H,1-2,10-11H2. The average molecular weight is 250 g/mol. The first-order valence-electron chi connectivity index (χ1n) is 5.40. The maximum Gasteiger partial charge on any atom is 0.245 e. The van der Waals surface area contributed by atoms with Gasteiger partial charge in [-0.15, -0.1) is 24.8 Å². The Morgan fingerprint density at radius 1 is 1.24 bits per heavy atom. The molecule has 0 aliphatic rings. The number of alkyl halides is 1. The molecule has 0 saturated heterocycles. The molecular formula is C14H16ClNO. The van der Waals surface area contributed by atoms with Crippen LogP contribution in [0.3, 0.4) is 0 Å². The van der Waals surface area contributed by atoms with Gasteiger partial charge in [-0.25, -0.2) is 0 Å². The van der Waals surface area contributed by atoms with Crippen molar-refractivity contribution in [2.24, 2.45) is 0 Å². The molecule has 17 heavy (non-hydrogen) atoms. The van der Waals surface area contributed by atoms with E-state index in [0.29, 0.717) is 13.1 Å². The minimum absolute atomic E-state index is 0.127. The molecule has 0 saturated carbocycles. The van der Waals surface area contributed by atoms with Crippen molar-refractivity contribution < 1.29 is 4.79 Å². The predicted octanol–water partition coefficient (Wildman–Crippen LogP) is 3.17. The molecule has 0 spiro atoms. The largest absolute Gasteiger partial charge is 0.334 e. The lowest BCUT2D eigenvalue weighted by Crippen LogP contribution is -2.33. The summed E-state index contributed by atoms with van der Waals surface area (Å²) in [5.74, 6) is -0.127. The summed E-state index contributed by atoms with van der Waals surface area (Å²) in [5.41, 5.74) is 0.803. The molecule has 1 aromatic carbocycles. The first kappa shape index (κ1) is 13.5. The van der Waals surface area contributed by atoms with Crippen molar-refractivity contribution in [3.63, 3.8) is 0 Å². The van der Waals surface area contributed by atoms with Crippen LogP contribution in [0, 0.1) is 0 Å². The number of hydrogen-bond donors (Lipinski definition) is 0. The maximum absolute atomic E-state index is 12.1. The molecule has 0 aliphatic carbocycles. The van der Waals surface area contributed by atoms with E-state index >= 15 is 0 Å². The van der Waals surface area contributed by atoms with Gasteiger partial charge in [-0.1, -0.05) is 42.5 Å². The van der Waals surface area contributed by atoms with Crippen LogP contribution in [0.2, 0.25) is 0 Å². The molecule has 1 atom stereocenters. The summed E-state index contributed by atoms with van der Waals surface area (Å²) in [6, 6.07) is 9.31. The fraction of sp³-hybridized carbons (Fsp3) is 0.214. The summed E-state index contributed by atoms with van der Waals surface area (Å²) in [7, 11) is 0. The Kier molecular flexibility index (Phi) is 5.50. The Morgan fingerprint density at radius 2 is 1.76 bits per heavy atom. The lowest BCUT2D eigenvalue weighted by molar-refractivity contribution is -0.129. The van der Waals surface area contributed by atoms with E-state index in [1.807, 2.05) is 30.3 Å². The molecule has 1 aromatic rings. The van der Waals surface area contributed by atoms with Crippen LogP contribution in [0.15, 0.2) is 55.6 Å². The highest BCUT2D eigenvalue weighted by Crippen LogP contribution is 2.22. The molecule has 0 bridgehead atoms. The van der Waals surface area contributed by atoms with Gasteiger partial charge < -0.3 is 4.90 Å². The highest BCUT2D eigenvalue weighted by molar-refractivity contribution is 6.30. The third kappa shape index (κ3) is 3.75. The number of nitrogens with zero attached hydrogens (tertiary/aromatic N) is 1. The zero-order chi connectivity index (χ0) is 12.7. The Bertz CT molecular complexity index is 378. The second-order valence-electron chi connectivity index (χ2n) is 3.59. The molecule has 0 fully saturated rings. The van der Waals surface area contributed by atoms with Crippen molar-refractivity contribution in [1.82, 2.24) is 4.90 Å². The topological polar surface area (TPSA) is 20.3 Å². The van der Waals surface area contributed by atoms with Crippen LogP contribution in [-0.2, 0) is 4.79 Å². The minimum atomic E-state index is -0.656. The molecule has 0 aliphatic heterocycles. The number of hydrogen-bond acceptors (Lipinski definition) is 1. The molecule has 1 unspecified atom stereocenters. The summed E-state index contributed by atoms with van der Waals surface area (Å²) >= 11 is 6.16. The van der Waals surface area contributed by atoms with Crippen LogP contribution >= 0.6 is 11.6 Å². The Balaban J connectivity index is 2.79. The summed E-state index contributed by atoms with van der Waals surface area (Å²) in [4.78, 5) is 13.7. The van der Waals surface area contributed by atoms with Gasteiger partial charge in [0, 0.05) is 13.1 Å². The molecule has 0 heterocycles. The van der Waals surface area contributed by atoms with Crippen molar-refractivity contribution in [1.29, 1.82) is 0 Å². The van der Waals surface area contributed by atoms with E-state index in [1.54, 1.807) is 17.1 Å². The average Bonchev–Trinajstić information content (AvgIpc) is 2.38. The van der Waals surface area contributed by atoms with Gasteiger partial charge in [0.15, 0.2) is 0 Å². The first-order chi connectivity index (χ1) is 8.20. The maximum atomic E-state index is 12.1. The van der Waals surface area contributed by atoms with Gasteiger partial charge in [-0.2, -0.15) is 0 Å². The zero-order valence-electron chi connectivity index (χ0n) is 9.68. The van der Waals surface area contributed by atoms with Gasteiger partial charge in [0.2, 0.25) is 5.91 Å². The Morgan fingerprint density at radius 3 is 2.24 bits per heavy atom. The second-order valence-corrected chi connectivity index (χ2v) is 4.03. The molecule has 90 valence electrons. The normalized spacial score (nSPS) is 11.6. The van der Waals surface area contributed by atoms with E-state index in [2.05, 4.69) is 13.2 Å². The fourth-order valence-electron chi connectivity index (χ4n) is 1.49.